The fourth-order valence-electron chi connectivity index (χ4n) is 4.80. The number of carboxylic acids is 1. The van der Waals surface area contributed by atoms with E-state index >= 15 is 0 Å². The maximum atomic E-state index is 13.2. The third kappa shape index (κ3) is 6.05. The summed E-state index contributed by atoms with van der Waals surface area (Å²) in [4.78, 5) is 49.9. The Balaban J connectivity index is 1.66. The van der Waals surface area contributed by atoms with E-state index in [1.807, 2.05) is 0 Å². The van der Waals surface area contributed by atoms with Crippen molar-refractivity contribution in [1.29, 1.82) is 0 Å². The van der Waals surface area contributed by atoms with Gasteiger partial charge in [-0.1, -0.05) is 55.2 Å². The zero-order valence-corrected chi connectivity index (χ0v) is 23.1. The molecule has 0 spiro atoms. The third-order valence-electron chi connectivity index (χ3n) is 7.67. The van der Waals surface area contributed by atoms with Gasteiger partial charge in [-0.2, -0.15) is 0 Å². The lowest BCUT2D eigenvalue weighted by Gasteiger charge is -2.38. The van der Waals surface area contributed by atoms with Crippen LogP contribution in [0.15, 0.2) is 42.5 Å². The smallest absolute Gasteiger partial charge is 0.328 e. The molecular formula is C27H31Cl2N3O6. The number of ether oxygens (including phenoxy) is 1. The molecule has 0 heterocycles. The first-order chi connectivity index (χ1) is 17.8. The first-order valence-corrected chi connectivity index (χ1v) is 12.8. The van der Waals surface area contributed by atoms with Crippen LogP contribution in [0.3, 0.4) is 0 Å². The number of aliphatic carboxylic acids is 1. The molecule has 3 amide bonds. The van der Waals surface area contributed by atoms with Gasteiger partial charge in [-0.3, -0.25) is 9.59 Å². The Labute approximate surface area is 231 Å². The van der Waals surface area contributed by atoms with Crippen LogP contribution in [-0.2, 0) is 25.5 Å². The Morgan fingerprint density at radius 1 is 1.03 bits per heavy atom. The lowest BCUT2D eigenvalue weighted by molar-refractivity contribution is -0.156. The molecule has 3 unspecified atom stereocenters. The van der Waals surface area contributed by atoms with Crippen molar-refractivity contribution in [2.75, 3.05) is 17.7 Å². The number of nitrogens with one attached hydrogen (secondary N) is 3. The minimum Gasteiger partial charge on any atom is -0.481 e. The summed E-state index contributed by atoms with van der Waals surface area (Å²) >= 11 is 12.2. The van der Waals surface area contributed by atoms with E-state index in [-0.39, 0.29) is 18.0 Å². The highest BCUT2D eigenvalue weighted by molar-refractivity contribution is 6.39. The molecule has 1 saturated carbocycles. The number of rotatable bonds is 8. The first kappa shape index (κ1) is 29.3. The predicted octanol–water partition coefficient (Wildman–Crippen LogP) is 5.36. The number of carbonyl (C=O) groups excluding carboxylic acids is 3. The molecule has 0 radical (unpaired) electrons. The molecule has 38 heavy (non-hydrogen) atoms. The monoisotopic (exact) mass is 563 g/mol. The number of esters is 1. The number of benzene rings is 2. The summed E-state index contributed by atoms with van der Waals surface area (Å²) in [6.07, 6.45) is 0.905. The van der Waals surface area contributed by atoms with Crippen LogP contribution in [-0.4, -0.2) is 42.1 Å². The topological polar surface area (TPSA) is 134 Å². The highest BCUT2D eigenvalue weighted by Crippen LogP contribution is 2.56. The van der Waals surface area contributed by atoms with Gasteiger partial charge in [0.1, 0.15) is 6.04 Å². The normalized spacial score (nSPS) is 20.7. The number of carbonyl (C=O) groups is 4. The minimum absolute atomic E-state index is 0.142. The molecule has 204 valence electrons. The van der Waals surface area contributed by atoms with Crippen LogP contribution in [0.5, 0.6) is 0 Å². The lowest BCUT2D eigenvalue weighted by Crippen LogP contribution is -2.50. The number of anilines is 2. The predicted molar refractivity (Wildman–Crippen MR) is 145 cm³/mol. The first-order valence-electron chi connectivity index (χ1n) is 12.0. The van der Waals surface area contributed by atoms with Crippen LogP contribution >= 0.6 is 23.2 Å². The fraction of sp³-hybridized carbons (Fsp3) is 0.407. The van der Waals surface area contributed by atoms with Crippen molar-refractivity contribution < 1.29 is 29.0 Å². The average molecular weight is 564 g/mol. The molecule has 3 atom stereocenters. The van der Waals surface area contributed by atoms with E-state index in [0.29, 0.717) is 34.1 Å². The molecule has 11 heteroatoms. The van der Waals surface area contributed by atoms with Gasteiger partial charge in [0.15, 0.2) is 0 Å². The summed E-state index contributed by atoms with van der Waals surface area (Å²) in [7, 11) is 1.24. The number of amides is 3. The van der Waals surface area contributed by atoms with E-state index in [4.69, 9.17) is 27.9 Å². The Hall–Kier alpha value is -3.30. The number of carboxylic acid groups (broad SMARTS) is 1. The van der Waals surface area contributed by atoms with Gasteiger partial charge >= 0.3 is 18.0 Å². The van der Waals surface area contributed by atoms with Gasteiger partial charge in [-0.25, -0.2) is 9.59 Å². The van der Waals surface area contributed by atoms with Gasteiger partial charge < -0.3 is 25.8 Å². The van der Waals surface area contributed by atoms with Gasteiger partial charge in [0.25, 0.3) is 0 Å². The van der Waals surface area contributed by atoms with Crippen molar-refractivity contribution >= 4 is 58.5 Å². The minimum atomic E-state index is -1.05. The van der Waals surface area contributed by atoms with Crippen LogP contribution in [0.2, 0.25) is 10.0 Å². The quantitative estimate of drug-likeness (QED) is 0.319. The SMILES string of the molecule is COC(=O)C(Cc1ccc(NC(=O)Nc2c(Cl)cccc2Cl)cc1)NC(=O)C1CCC(C)(C(=O)O)C1(C)C. The number of para-hydroxylation sites is 1. The zero-order valence-electron chi connectivity index (χ0n) is 21.6. The summed E-state index contributed by atoms with van der Waals surface area (Å²) < 4.78 is 4.90. The second-order valence-electron chi connectivity index (χ2n) is 10.1. The fourth-order valence-corrected chi connectivity index (χ4v) is 5.29. The summed E-state index contributed by atoms with van der Waals surface area (Å²) in [5, 5.41) is 18.4. The van der Waals surface area contributed by atoms with E-state index in [2.05, 4.69) is 16.0 Å². The van der Waals surface area contributed by atoms with Crippen LogP contribution < -0.4 is 16.0 Å². The highest BCUT2D eigenvalue weighted by Gasteiger charge is 2.58. The number of hydrogen-bond donors (Lipinski definition) is 4. The standard InChI is InChI=1S/C27H31Cl2N3O6/c1-26(2)17(12-13-27(26,3)24(35)36)22(33)31-20(23(34)38-4)14-15-8-10-16(11-9-15)30-25(37)32-21-18(28)6-5-7-19(21)29/h5-11,17,20H,12-14H2,1-4H3,(H,31,33)(H,35,36)(H2,30,32,37). The van der Waals surface area contributed by atoms with Crippen molar-refractivity contribution in [3.63, 3.8) is 0 Å². The summed E-state index contributed by atoms with van der Waals surface area (Å²) in [5.74, 6) is -2.52. The van der Waals surface area contributed by atoms with Crippen molar-refractivity contribution in [3.8, 4) is 0 Å². The molecule has 0 saturated heterocycles. The number of halogens is 2. The summed E-state index contributed by atoms with van der Waals surface area (Å²) in [6.45, 7) is 5.19. The van der Waals surface area contributed by atoms with Gasteiger partial charge in [0, 0.05) is 18.0 Å². The zero-order chi connectivity index (χ0) is 28.3. The van der Waals surface area contributed by atoms with Crippen molar-refractivity contribution in [2.45, 2.75) is 46.1 Å². The molecule has 1 fully saturated rings. The summed E-state index contributed by atoms with van der Waals surface area (Å²) in [5.41, 5.74) is -0.389. The molecule has 1 aliphatic rings. The molecule has 2 aromatic carbocycles. The molecular weight excluding hydrogens is 533 g/mol. The van der Waals surface area contributed by atoms with Crippen LogP contribution in [0, 0.1) is 16.7 Å². The number of urea groups is 1. The molecule has 2 aromatic rings. The molecule has 4 N–H and O–H groups in total. The molecule has 0 aromatic heterocycles. The van der Waals surface area contributed by atoms with Gasteiger partial charge in [0.2, 0.25) is 5.91 Å². The Morgan fingerprint density at radius 2 is 1.63 bits per heavy atom. The van der Waals surface area contributed by atoms with Crippen LogP contribution in [0.4, 0.5) is 16.2 Å². The molecule has 0 bridgehead atoms. The van der Waals surface area contributed by atoms with Gasteiger partial charge in [-0.15, -0.1) is 0 Å². The second-order valence-corrected chi connectivity index (χ2v) is 10.9. The molecule has 0 aliphatic heterocycles. The summed E-state index contributed by atoms with van der Waals surface area (Å²) in [6, 6.07) is 10.1. The Morgan fingerprint density at radius 3 is 2.16 bits per heavy atom. The van der Waals surface area contributed by atoms with E-state index < -0.39 is 40.8 Å². The van der Waals surface area contributed by atoms with Crippen molar-refractivity contribution in [1.82, 2.24) is 5.32 Å². The molecule has 1 aliphatic carbocycles. The maximum Gasteiger partial charge on any atom is 0.328 e. The van der Waals surface area contributed by atoms with E-state index in [1.165, 1.54) is 7.11 Å². The average Bonchev–Trinajstić information content (AvgIpc) is 3.11. The van der Waals surface area contributed by atoms with Crippen molar-refractivity contribution in [2.24, 2.45) is 16.7 Å². The van der Waals surface area contributed by atoms with E-state index in [9.17, 15) is 24.3 Å². The lowest BCUT2D eigenvalue weighted by atomic mass is 9.65. The van der Waals surface area contributed by atoms with Gasteiger partial charge in [0.05, 0.1) is 28.3 Å². The third-order valence-corrected chi connectivity index (χ3v) is 8.30. The van der Waals surface area contributed by atoms with Crippen LogP contribution in [0.1, 0.15) is 39.2 Å². The Kier molecular flexibility index (Phi) is 8.94. The highest BCUT2D eigenvalue weighted by atomic mass is 35.5. The second kappa shape index (κ2) is 11.6. The maximum absolute atomic E-state index is 13.2. The Bertz CT molecular complexity index is 1210. The molecule has 9 nitrogen and oxygen atoms in total. The van der Waals surface area contributed by atoms with Crippen molar-refractivity contribution in [3.05, 3.63) is 58.1 Å². The van der Waals surface area contributed by atoms with E-state index in [0.717, 1.165) is 0 Å². The van der Waals surface area contributed by atoms with E-state index in [1.54, 1.807) is 63.2 Å². The largest absolute Gasteiger partial charge is 0.481 e. The molecule has 3 rings (SSSR count). The van der Waals surface area contributed by atoms with Gasteiger partial charge in [-0.05, 0) is 55.0 Å². The number of hydrogen-bond acceptors (Lipinski definition) is 5. The van der Waals surface area contributed by atoms with Crippen LogP contribution in [0.25, 0.3) is 0 Å². The number of methoxy groups -OCH3 is 1.